The SMILES string of the molecule is CCN(CC)C(N)=NCC1CCC(C)CC1.I. The zero-order valence-electron chi connectivity index (χ0n) is 11.5. The topological polar surface area (TPSA) is 41.6 Å². The van der Waals surface area contributed by atoms with Crippen LogP contribution in [0, 0.1) is 11.8 Å². The minimum absolute atomic E-state index is 0. The van der Waals surface area contributed by atoms with E-state index in [1.807, 2.05) is 0 Å². The second-order valence-corrected chi connectivity index (χ2v) is 5.00. The number of hydrogen-bond donors (Lipinski definition) is 1. The van der Waals surface area contributed by atoms with Crippen LogP contribution in [0.3, 0.4) is 0 Å². The van der Waals surface area contributed by atoms with Gasteiger partial charge in [0.15, 0.2) is 5.96 Å². The maximum absolute atomic E-state index is 5.96. The van der Waals surface area contributed by atoms with Crippen LogP contribution in [0.25, 0.3) is 0 Å². The highest BCUT2D eigenvalue weighted by atomic mass is 127. The van der Waals surface area contributed by atoms with E-state index in [9.17, 15) is 0 Å². The molecule has 0 aromatic carbocycles. The summed E-state index contributed by atoms with van der Waals surface area (Å²) in [4.78, 5) is 6.65. The first-order valence-corrected chi connectivity index (χ1v) is 6.72. The first kappa shape index (κ1) is 17.0. The fourth-order valence-electron chi connectivity index (χ4n) is 2.38. The first-order chi connectivity index (χ1) is 7.67. The summed E-state index contributed by atoms with van der Waals surface area (Å²) in [6.45, 7) is 9.42. The molecular weight excluding hydrogens is 325 g/mol. The van der Waals surface area contributed by atoms with Crippen molar-refractivity contribution in [3.63, 3.8) is 0 Å². The van der Waals surface area contributed by atoms with E-state index in [1.54, 1.807) is 0 Å². The molecule has 0 saturated heterocycles. The van der Waals surface area contributed by atoms with E-state index in [2.05, 4.69) is 30.7 Å². The van der Waals surface area contributed by atoms with Gasteiger partial charge in [-0.15, -0.1) is 24.0 Å². The molecule has 3 nitrogen and oxygen atoms in total. The van der Waals surface area contributed by atoms with E-state index in [-0.39, 0.29) is 24.0 Å². The van der Waals surface area contributed by atoms with Gasteiger partial charge in [0.05, 0.1) is 0 Å². The highest BCUT2D eigenvalue weighted by Crippen LogP contribution is 2.28. The summed E-state index contributed by atoms with van der Waals surface area (Å²) >= 11 is 0. The normalized spacial score (nSPS) is 25.2. The maximum Gasteiger partial charge on any atom is 0.191 e. The van der Waals surface area contributed by atoms with Crippen LogP contribution in [-0.4, -0.2) is 30.5 Å². The maximum atomic E-state index is 5.96. The summed E-state index contributed by atoms with van der Waals surface area (Å²) in [6, 6.07) is 0. The summed E-state index contributed by atoms with van der Waals surface area (Å²) in [5, 5.41) is 0. The van der Waals surface area contributed by atoms with Crippen LogP contribution < -0.4 is 5.73 Å². The van der Waals surface area contributed by atoms with Crippen molar-refractivity contribution in [2.75, 3.05) is 19.6 Å². The largest absolute Gasteiger partial charge is 0.370 e. The van der Waals surface area contributed by atoms with Crippen LogP contribution in [0.5, 0.6) is 0 Å². The lowest BCUT2D eigenvalue weighted by molar-refractivity contribution is 0.295. The fourth-order valence-corrected chi connectivity index (χ4v) is 2.38. The molecule has 1 rings (SSSR count). The van der Waals surface area contributed by atoms with Crippen molar-refractivity contribution in [1.82, 2.24) is 4.90 Å². The minimum atomic E-state index is 0. The summed E-state index contributed by atoms with van der Waals surface area (Å²) in [5.41, 5.74) is 5.96. The highest BCUT2D eigenvalue weighted by Gasteiger charge is 2.17. The molecule has 0 aliphatic heterocycles. The van der Waals surface area contributed by atoms with Gasteiger partial charge in [0.25, 0.3) is 0 Å². The van der Waals surface area contributed by atoms with E-state index in [0.717, 1.165) is 37.4 Å². The van der Waals surface area contributed by atoms with Crippen LogP contribution in [0.15, 0.2) is 4.99 Å². The van der Waals surface area contributed by atoms with Crippen LogP contribution in [0.2, 0.25) is 0 Å². The number of nitrogens with zero attached hydrogens (tertiary/aromatic N) is 2. The second kappa shape index (κ2) is 9.00. The molecule has 4 heteroatoms. The van der Waals surface area contributed by atoms with E-state index < -0.39 is 0 Å². The molecule has 2 N–H and O–H groups in total. The number of nitrogens with two attached hydrogens (primary N) is 1. The molecule has 1 fully saturated rings. The quantitative estimate of drug-likeness (QED) is 0.479. The smallest absolute Gasteiger partial charge is 0.191 e. The molecule has 102 valence electrons. The molecule has 0 spiro atoms. The number of rotatable bonds is 4. The Bertz CT molecular complexity index is 219. The molecule has 0 unspecified atom stereocenters. The Hall–Kier alpha value is 0. The first-order valence-electron chi connectivity index (χ1n) is 6.72. The standard InChI is InChI=1S/C13H27N3.HI/c1-4-16(5-2)13(14)15-10-12-8-6-11(3)7-9-12;/h11-12H,4-10H2,1-3H3,(H2,14,15);1H. The number of halogens is 1. The molecule has 0 atom stereocenters. The van der Waals surface area contributed by atoms with Gasteiger partial charge < -0.3 is 10.6 Å². The second-order valence-electron chi connectivity index (χ2n) is 5.00. The lowest BCUT2D eigenvalue weighted by Gasteiger charge is -2.25. The predicted molar refractivity (Wildman–Crippen MR) is 85.9 cm³/mol. The van der Waals surface area contributed by atoms with Crippen LogP contribution >= 0.6 is 24.0 Å². The summed E-state index contributed by atoms with van der Waals surface area (Å²) in [6.07, 6.45) is 5.39. The Labute approximate surface area is 123 Å². The predicted octanol–water partition coefficient (Wildman–Crippen LogP) is 3.09. The third kappa shape index (κ3) is 5.93. The van der Waals surface area contributed by atoms with Crippen molar-refractivity contribution < 1.29 is 0 Å². The van der Waals surface area contributed by atoms with E-state index in [4.69, 9.17) is 5.73 Å². The number of guanidine groups is 1. The van der Waals surface area contributed by atoms with Gasteiger partial charge in [0.2, 0.25) is 0 Å². The number of aliphatic imine (C=N–C) groups is 1. The Kier molecular flexibility index (Phi) is 9.00. The molecule has 0 heterocycles. The summed E-state index contributed by atoms with van der Waals surface area (Å²) < 4.78 is 0. The average Bonchev–Trinajstić information content (AvgIpc) is 2.30. The highest BCUT2D eigenvalue weighted by molar-refractivity contribution is 14.0. The molecular formula is C13H28IN3. The third-order valence-electron chi connectivity index (χ3n) is 3.73. The third-order valence-corrected chi connectivity index (χ3v) is 3.73. The molecule has 0 aromatic heterocycles. The summed E-state index contributed by atoms with van der Waals surface area (Å²) in [5.74, 6) is 2.41. The van der Waals surface area contributed by atoms with Gasteiger partial charge in [-0.3, -0.25) is 4.99 Å². The fraction of sp³-hybridized carbons (Fsp3) is 0.923. The summed E-state index contributed by atoms with van der Waals surface area (Å²) in [7, 11) is 0. The molecule has 0 amide bonds. The lowest BCUT2D eigenvalue weighted by Crippen LogP contribution is -2.37. The van der Waals surface area contributed by atoms with Gasteiger partial charge in [0, 0.05) is 19.6 Å². The van der Waals surface area contributed by atoms with Crippen molar-refractivity contribution in [3.05, 3.63) is 0 Å². The van der Waals surface area contributed by atoms with E-state index >= 15 is 0 Å². The minimum Gasteiger partial charge on any atom is -0.370 e. The zero-order chi connectivity index (χ0) is 12.0. The van der Waals surface area contributed by atoms with E-state index in [1.165, 1.54) is 25.7 Å². The molecule has 1 aliphatic rings. The van der Waals surface area contributed by atoms with Crippen LogP contribution in [-0.2, 0) is 0 Å². The number of hydrogen-bond acceptors (Lipinski definition) is 1. The van der Waals surface area contributed by atoms with Gasteiger partial charge in [-0.2, -0.15) is 0 Å². The molecule has 17 heavy (non-hydrogen) atoms. The molecule has 0 bridgehead atoms. The Balaban J connectivity index is 0.00000256. The van der Waals surface area contributed by atoms with Gasteiger partial charge in [-0.25, -0.2) is 0 Å². The van der Waals surface area contributed by atoms with Crippen LogP contribution in [0.4, 0.5) is 0 Å². The van der Waals surface area contributed by atoms with Crippen molar-refractivity contribution in [3.8, 4) is 0 Å². The lowest BCUT2D eigenvalue weighted by atomic mass is 9.83. The van der Waals surface area contributed by atoms with Crippen molar-refractivity contribution >= 4 is 29.9 Å². The monoisotopic (exact) mass is 353 g/mol. The Morgan fingerprint density at radius 2 is 1.71 bits per heavy atom. The Morgan fingerprint density at radius 3 is 2.18 bits per heavy atom. The van der Waals surface area contributed by atoms with Crippen LogP contribution in [0.1, 0.15) is 46.5 Å². The van der Waals surface area contributed by atoms with E-state index in [0.29, 0.717) is 0 Å². The van der Waals surface area contributed by atoms with Gasteiger partial charge in [0.1, 0.15) is 0 Å². The molecule has 1 saturated carbocycles. The van der Waals surface area contributed by atoms with Crippen molar-refractivity contribution in [2.45, 2.75) is 46.5 Å². The average molecular weight is 353 g/mol. The van der Waals surface area contributed by atoms with Crippen molar-refractivity contribution in [1.29, 1.82) is 0 Å². The van der Waals surface area contributed by atoms with Gasteiger partial charge in [-0.05, 0) is 38.5 Å². The zero-order valence-corrected chi connectivity index (χ0v) is 13.8. The molecule has 0 radical (unpaired) electrons. The molecule has 0 aromatic rings. The molecule has 1 aliphatic carbocycles. The van der Waals surface area contributed by atoms with Gasteiger partial charge >= 0.3 is 0 Å². The van der Waals surface area contributed by atoms with Gasteiger partial charge in [-0.1, -0.05) is 19.8 Å². The Morgan fingerprint density at radius 1 is 1.18 bits per heavy atom. The van der Waals surface area contributed by atoms with Crippen molar-refractivity contribution in [2.24, 2.45) is 22.6 Å².